The summed E-state index contributed by atoms with van der Waals surface area (Å²) in [6.45, 7) is 22.7. The van der Waals surface area contributed by atoms with Crippen LogP contribution in [0.1, 0.15) is 13.8 Å². The molecular weight excluding hydrogens is 220 g/mol. The van der Waals surface area contributed by atoms with Crippen molar-refractivity contribution in [3.8, 4) is 0 Å². The molecule has 0 aliphatic rings. The van der Waals surface area contributed by atoms with Crippen molar-refractivity contribution in [1.82, 2.24) is 9.80 Å². The van der Waals surface area contributed by atoms with Crippen molar-refractivity contribution in [3.63, 3.8) is 0 Å². The van der Waals surface area contributed by atoms with E-state index in [-0.39, 0.29) is 0 Å². The zero-order chi connectivity index (χ0) is 14.0. The lowest BCUT2D eigenvalue weighted by Crippen LogP contribution is -2.29. The molecule has 0 spiro atoms. The van der Waals surface area contributed by atoms with Crippen LogP contribution in [0, 0.1) is 0 Å². The van der Waals surface area contributed by atoms with Gasteiger partial charge in [-0.05, 0) is 13.8 Å². The van der Waals surface area contributed by atoms with Crippen LogP contribution >= 0.6 is 0 Å². The number of hydrogen-bond acceptors (Lipinski definition) is 2. The Bertz CT molecular complexity index is 274. The summed E-state index contributed by atoms with van der Waals surface area (Å²) in [4.78, 5) is 4.49. The van der Waals surface area contributed by atoms with Crippen LogP contribution in [0.3, 0.4) is 0 Å². The fraction of sp³-hybridized carbons (Fsp3) is 0.375. The molecule has 0 amide bonds. The summed E-state index contributed by atoms with van der Waals surface area (Å²) in [6, 6.07) is 0. The van der Waals surface area contributed by atoms with Gasteiger partial charge >= 0.3 is 0 Å². The smallest absolute Gasteiger partial charge is 0.0357 e. The van der Waals surface area contributed by atoms with E-state index in [2.05, 4.69) is 50.0 Å². The molecule has 0 aliphatic heterocycles. The molecule has 2 heteroatoms. The van der Waals surface area contributed by atoms with Crippen molar-refractivity contribution in [2.24, 2.45) is 0 Å². The van der Waals surface area contributed by atoms with E-state index in [1.54, 1.807) is 0 Å². The van der Waals surface area contributed by atoms with Gasteiger partial charge in [-0.2, -0.15) is 0 Å². The maximum Gasteiger partial charge on any atom is 0.0357 e. The Morgan fingerprint density at radius 2 is 0.889 bits per heavy atom. The normalized spacial score (nSPS) is 11.2. The molecule has 0 atom stereocenters. The van der Waals surface area contributed by atoms with E-state index in [4.69, 9.17) is 0 Å². The van der Waals surface area contributed by atoms with E-state index < -0.39 is 0 Å². The summed E-state index contributed by atoms with van der Waals surface area (Å²) in [7, 11) is 0. The van der Waals surface area contributed by atoms with Gasteiger partial charge in [0.15, 0.2) is 0 Å². The van der Waals surface area contributed by atoms with Crippen molar-refractivity contribution in [2.45, 2.75) is 13.8 Å². The first-order valence-corrected chi connectivity index (χ1v) is 6.23. The highest BCUT2D eigenvalue weighted by atomic mass is 15.2. The second-order valence-corrected chi connectivity index (χ2v) is 4.14. The highest BCUT2D eigenvalue weighted by Crippen LogP contribution is 2.14. The molecule has 0 saturated carbocycles. The third-order valence-corrected chi connectivity index (χ3v) is 2.87. The van der Waals surface area contributed by atoms with Crippen molar-refractivity contribution in [1.29, 1.82) is 0 Å². The minimum atomic E-state index is 0.825. The van der Waals surface area contributed by atoms with Gasteiger partial charge in [-0.3, -0.25) is 0 Å². The molecule has 2 nitrogen and oxygen atoms in total. The summed E-state index contributed by atoms with van der Waals surface area (Å²) in [5.74, 6) is 0. The van der Waals surface area contributed by atoms with Crippen LogP contribution in [0.25, 0.3) is 0 Å². The quantitative estimate of drug-likeness (QED) is 0.544. The van der Waals surface area contributed by atoms with Crippen molar-refractivity contribution in [3.05, 3.63) is 62.0 Å². The zero-order valence-electron chi connectivity index (χ0n) is 11.9. The lowest BCUT2D eigenvalue weighted by Gasteiger charge is -2.30. The summed E-state index contributed by atoms with van der Waals surface area (Å²) in [5.41, 5.74) is 2.47. The maximum atomic E-state index is 3.80. The summed E-state index contributed by atoms with van der Waals surface area (Å²) >= 11 is 0. The van der Waals surface area contributed by atoms with Gasteiger partial charge in [0.25, 0.3) is 0 Å². The van der Waals surface area contributed by atoms with Gasteiger partial charge in [-0.25, -0.2) is 0 Å². The summed E-state index contributed by atoms with van der Waals surface area (Å²) < 4.78 is 0. The lowest BCUT2D eigenvalue weighted by atomic mass is 10.2. The van der Waals surface area contributed by atoms with Crippen LogP contribution in [0.15, 0.2) is 62.0 Å². The maximum absolute atomic E-state index is 3.80. The molecule has 0 aromatic rings. The molecule has 0 heterocycles. The fourth-order valence-electron chi connectivity index (χ4n) is 1.78. The van der Waals surface area contributed by atoms with Gasteiger partial charge in [-0.1, -0.05) is 24.3 Å². The molecule has 0 unspecified atom stereocenters. The van der Waals surface area contributed by atoms with Gasteiger partial charge < -0.3 is 9.80 Å². The van der Waals surface area contributed by atoms with Crippen molar-refractivity contribution < 1.29 is 0 Å². The van der Waals surface area contributed by atoms with E-state index in [1.165, 1.54) is 11.4 Å². The largest absolute Gasteiger partial charge is 0.366 e. The van der Waals surface area contributed by atoms with E-state index >= 15 is 0 Å². The Morgan fingerprint density at radius 3 is 1.06 bits per heavy atom. The topological polar surface area (TPSA) is 6.48 Å². The third kappa shape index (κ3) is 5.09. The molecule has 0 bridgehead atoms. The number of nitrogens with zero attached hydrogens (tertiary/aromatic N) is 2. The Hall–Kier alpha value is -1.70. The second-order valence-electron chi connectivity index (χ2n) is 4.14. The molecule has 0 fully saturated rings. The van der Waals surface area contributed by atoms with E-state index in [0.717, 1.165) is 26.2 Å². The Balaban J connectivity index is 5.08. The first kappa shape index (κ1) is 16.3. The minimum Gasteiger partial charge on any atom is -0.366 e. The van der Waals surface area contributed by atoms with Gasteiger partial charge in [0.2, 0.25) is 0 Å². The van der Waals surface area contributed by atoms with Crippen LogP contribution in [0.5, 0.6) is 0 Å². The highest BCUT2D eigenvalue weighted by molar-refractivity contribution is 5.11. The van der Waals surface area contributed by atoms with Gasteiger partial charge in [0.1, 0.15) is 0 Å². The molecule has 18 heavy (non-hydrogen) atoms. The van der Waals surface area contributed by atoms with Crippen molar-refractivity contribution in [2.75, 3.05) is 26.2 Å². The lowest BCUT2D eigenvalue weighted by molar-refractivity contribution is 0.362. The van der Waals surface area contributed by atoms with Gasteiger partial charge in [0.05, 0.1) is 0 Å². The van der Waals surface area contributed by atoms with Gasteiger partial charge in [-0.15, -0.1) is 26.3 Å². The third-order valence-electron chi connectivity index (χ3n) is 2.87. The van der Waals surface area contributed by atoms with Crippen LogP contribution in [0.4, 0.5) is 0 Å². The van der Waals surface area contributed by atoms with Gasteiger partial charge in [0, 0.05) is 37.6 Å². The standard InChI is InChI=1S/C16H26N2/c1-7-11-17(12-8-2)15(5)16(6)18(13-9-3)14-10-4/h7-10H,1-4,11-14H2,5-6H3. The highest BCUT2D eigenvalue weighted by Gasteiger charge is 2.09. The second kappa shape index (κ2) is 9.34. The predicted octanol–water partition coefficient (Wildman–Crippen LogP) is 3.59. The van der Waals surface area contributed by atoms with Crippen LogP contribution in [-0.4, -0.2) is 36.0 Å². The van der Waals surface area contributed by atoms with Crippen LogP contribution < -0.4 is 0 Å². The monoisotopic (exact) mass is 246 g/mol. The van der Waals surface area contributed by atoms with Crippen molar-refractivity contribution >= 4 is 0 Å². The summed E-state index contributed by atoms with van der Waals surface area (Å²) in [5, 5.41) is 0. The first-order chi connectivity index (χ1) is 8.62. The molecule has 0 aromatic heterocycles. The van der Waals surface area contributed by atoms with Crippen LogP contribution in [0.2, 0.25) is 0 Å². The van der Waals surface area contributed by atoms with E-state index in [0.29, 0.717) is 0 Å². The molecule has 0 rings (SSSR count). The number of allylic oxidation sites excluding steroid dienone is 2. The molecule has 0 radical (unpaired) electrons. The number of hydrogen-bond donors (Lipinski definition) is 0. The fourth-order valence-corrected chi connectivity index (χ4v) is 1.78. The average molecular weight is 246 g/mol. The van der Waals surface area contributed by atoms with E-state index in [1.807, 2.05) is 24.3 Å². The molecule has 100 valence electrons. The Morgan fingerprint density at radius 1 is 0.667 bits per heavy atom. The SMILES string of the molecule is C=CCN(CC=C)C(C)=C(C)N(CC=C)CC=C. The molecule has 0 aromatic carbocycles. The minimum absolute atomic E-state index is 0.825. The molecule has 0 saturated heterocycles. The Labute approximate surface area is 112 Å². The zero-order valence-corrected chi connectivity index (χ0v) is 11.9. The summed E-state index contributed by atoms with van der Waals surface area (Å²) in [6.07, 6.45) is 7.63. The van der Waals surface area contributed by atoms with Crippen LogP contribution in [-0.2, 0) is 0 Å². The van der Waals surface area contributed by atoms with E-state index in [9.17, 15) is 0 Å². The number of rotatable bonds is 10. The average Bonchev–Trinajstić information content (AvgIpc) is 2.36. The Kier molecular flexibility index (Phi) is 8.46. The first-order valence-electron chi connectivity index (χ1n) is 6.23. The predicted molar refractivity (Wildman–Crippen MR) is 82.3 cm³/mol. The molecular formula is C16H26N2. The molecule has 0 N–H and O–H groups in total. The molecule has 0 aliphatic carbocycles.